The molecule has 1 amide bonds. The Balaban J connectivity index is 1.42. The second-order valence-corrected chi connectivity index (χ2v) is 8.76. The van der Waals surface area contributed by atoms with Crippen molar-refractivity contribution in [3.8, 4) is 22.1 Å². The van der Waals surface area contributed by atoms with E-state index in [2.05, 4.69) is 41.5 Å². The molecule has 0 fully saturated rings. The molecule has 2 heterocycles. The van der Waals surface area contributed by atoms with Gasteiger partial charge in [0.05, 0.1) is 17.7 Å². The Morgan fingerprint density at radius 1 is 1.10 bits per heavy atom. The van der Waals surface area contributed by atoms with Gasteiger partial charge in [-0.25, -0.2) is 4.98 Å². The first-order valence-electron chi connectivity index (χ1n) is 10.2. The number of nitrogens with one attached hydrogen (secondary N) is 1. The molecule has 1 N–H and O–H groups in total. The van der Waals surface area contributed by atoms with Gasteiger partial charge in [0, 0.05) is 10.9 Å². The van der Waals surface area contributed by atoms with Crippen LogP contribution in [0.2, 0.25) is 0 Å². The van der Waals surface area contributed by atoms with Gasteiger partial charge < -0.3 is 14.8 Å². The molecule has 4 rings (SSSR count). The van der Waals surface area contributed by atoms with Gasteiger partial charge in [-0.1, -0.05) is 37.3 Å². The number of nitrogens with zero attached hydrogens (tertiary/aromatic N) is 1. The maximum Gasteiger partial charge on any atom is 0.226 e. The molecular formula is C24H26N2O3S. The number of thiazole rings is 1. The molecule has 30 heavy (non-hydrogen) atoms. The highest BCUT2D eigenvalue weighted by Gasteiger charge is 2.25. The van der Waals surface area contributed by atoms with Crippen LogP contribution in [0.15, 0.2) is 47.8 Å². The first-order valence-corrected chi connectivity index (χ1v) is 11.1. The SMILES string of the molecule is CCc1ccc(-c2nc(CC(=O)NC(C)(C)c3ccc4c(c3)OCCO4)cs2)cc1. The Hall–Kier alpha value is -2.86. The predicted octanol–water partition coefficient (Wildman–Crippen LogP) is 4.74. The van der Waals surface area contributed by atoms with Gasteiger partial charge in [0.1, 0.15) is 18.2 Å². The third-order valence-electron chi connectivity index (χ3n) is 5.22. The fraction of sp³-hybridized carbons (Fsp3) is 0.333. The van der Waals surface area contributed by atoms with Crippen LogP contribution in [-0.2, 0) is 23.2 Å². The summed E-state index contributed by atoms with van der Waals surface area (Å²) >= 11 is 1.57. The monoisotopic (exact) mass is 422 g/mol. The number of aryl methyl sites for hydroxylation is 1. The van der Waals surface area contributed by atoms with E-state index in [-0.39, 0.29) is 12.3 Å². The highest BCUT2D eigenvalue weighted by molar-refractivity contribution is 7.13. The molecule has 3 aromatic rings. The van der Waals surface area contributed by atoms with Crippen molar-refractivity contribution >= 4 is 17.2 Å². The maximum atomic E-state index is 12.7. The Morgan fingerprint density at radius 3 is 2.57 bits per heavy atom. The van der Waals surface area contributed by atoms with Crippen LogP contribution >= 0.6 is 11.3 Å². The van der Waals surface area contributed by atoms with Crippen LogP contribution in [0.1, 0.15) is 37.6 Å². The van der Waals surface area contributed by atoms with Crippen molar-refractivity contribution in [3.63, 3.8) is 0 Å². The number of fused-ring (bicyclic) bond motifs is 1. The van der Waals surface area contributed by atoms with E-state index in [1.807, 2.05) is 37.4 Å². The molecule has 6 heteroatoms. The van der Waals surface area contributed by atoms with Crippen LogP contribution < -0.4 is 14.8 Å². The van der Waals surface area contributed by atoms with Crippen molar-refractivity contribution < 1.29 is 14.3 Å². The topological polar surface area (TPSA) is 60.5 Å². The van der Waals surface area contributed by atoms with Gasteiger partial charge in [0.15, 0.2) is 11.5 Å². The molecule has 156 valence electrons. The lowest BCUT2D eigenvalue weighted by Crippen LogP contribution is -2.41. The van der Waals surface area contributed by atoms with E-state index < -0.39 is 5.54 Å². The summed E-state index contributed by atoms with van der Waals surface area (Å²) < 4.78 is 11.3. The van der Waals surface area contributed by atoms with Gasteiger partial charge in [-0.2, -0.15) is 0 Å². The summed E-state index contributed by atoms with van der Waals surface area (Å²) in [7, 11) is 0. The molecule has 0 saturated heterocycles. The third kappa shape index (κ3) is 4.49. The highest BCUT2D eigenvalue weighted by atomic mass is 32.1. The first kappa shape index (κ1) is 20.4. The van der Waals surface area contributed by atoms with Crippen molar-refractivity contribution in [2.24, 2.45) is 0 Å². The molecule has 0 unspecified atom stereocenters. The van der Waals surface area contributed by atoms with Crippen LogP contribution in [0.4, 0.5) is 0 Å². The summed E-state index contributed by atoms with van der Waals surface area (Å²) in [5.74, 6) is 1.40. The van der Waals surface area contributed by atoms with E-state index in [9.17, 15) is 4.79 Å². The Kier molecular flexibility index (Phi) is 5.77. The zero-order valence-corrected chi connectivity index (χ0v) is 18.3. The number of hydrogen-bond acceptors (Lipinski definition) is 5. The number of carbonyl (C=O) groups excluding carboxylic acids is 1. The summed E-state index contributed by atoms with van der Waals surface area (Å²) in [6.45, 7) is 7.21. The molecule has 0 atom stereocenters. The van der Waals surface area contributed by atoms with Gasteiger partial charge in [-0.05, 0) is 43.5 Å². The average Bonchev–Trinajstić information content (AvgIpc) is 3.21. The molecule has 0 saturated carbocycles. The lowest BCUT2D eigenvalue weighted by Gasteiger charge is -2.28. The minimum atomic E-state index is -0.540. The number of hydrogen-bond donors (Lipinski definition) is 1. The maximum absolute atomic E-state index is 12.7. The van der Waals surface area contributed by atoms with Gasteiger partial charge in [-0.15, -0.1) is 11.3 Å². The quantitative estimate of drug-likeness (QED) is 0.623. The standard InChI is InChI=1S/C24H26N2O3S/c1-4-16-5-7-17(8-6-16)23-25-19(15-30-23)14-22(27)26-24(2,3)18-9-10-20-21(13-18)29-12-11-28-20/h5-10,13,15H,4,11-12,14H2,1-3H3,(H,26,27). The minimum Gasteiger partial charge on any atom is -0.486 e. The molecule has 1 aromatic heterocycles. The molecule has 5 nitrogen and oxygen atoms in total. The van der Waals surface area contributed by atoms with Crippen molar-refractivity contribution in [1.29, 1.82) is 0 Å². The van der Waals surface area contributed by atoms with E-state index in [0.29, 0.717) is 13.2 Å². The molecule has 2 aromatic carbocycles. The highest BCUT2D eigenvalue weighted by Crippen LogP contribution is 2.34. The lowest BCUT2D eigenvalue weighted by atomic mass is 9.93. The largest absolute Gasteiger partial charge is 0.486 e. The second-order valence-electron chi connectivity index (χ2n) is 7.90. The number of carbonyl (C=O) groups is 1. The van der Waals surface area contributed by atoms with E-state index in [4.69, 9.17) is 9.47 Å². The molecule has 0 spiro atoms. The molecule has 1 aliphatic rings. The number of amides is 1. The number of aromatic nitrogens is 1. The van der Waals surface area contributed by atoms with E-state index >= 15 is 0 Å². The van der Waals surface area contributed by atoms with E-state index in [1.54, 1.807) is 11.3 Å². The Labute approximate surface area is 181 Å². The summed E-state index contributed by atoms with van der Waals surface area (Å²) in [5.41, 5.74) is 3.60. The molecule has 1 aliphatic heterocycles. The zero-order chi connectivity index (χ0) is 21.1. The minimum absolute atomic E-state index is 0.0620. The van der Waals surface area contributed by atoms with Crippen LogP contribution in [0.3, 0.4) is 0 Å². The summed E-state index contributed by atoms with van der Waals surface area (Å²) in [4.78, 5) is 17.4. The van der Waals surface area contributed by atoms with Crippen LogP contribution in [0, 0.1) is 0 Å². The number of benzene rings is 2. The molecule has 0 aliphatic carbocycles. The predicted molar refractivity (Wildman–Crippen MR) is 119 cm³/mol. The van der Waals surface area contributed by atoms with Gasteiger partial charge in [-0.3, -0.25) is 4.79 Å². The molecular weight excluding hydrogens is 396 g/mol. The van der Waals surface area contributed by atoms with E-state index in [1.165, 1.54) is 5.56 Å². The molecule has 0 bridgehead atoms. The van der Waals surface area contributed by atoms with Crippen LogP contribution in [0.25, 0.3) is 10.6 Å². The van der Waals surface area contributed by atoms with Gasteiger partial charge in [0.25, 0.3) is 0 Å². The van der Waals surface area contributed by atoms with Crippen LogP contribution in [-0.4, -0.2) is 24.1 Å². The summed E-state index contributed by atoms with van der Waals surface area (Å²) in [6, 6.07) is 14.2. The van der Waals surface area contributed by atoms with Gasteiger partial charge in [0.2, 0.25) is 5.91 Å². The normalized spacial score (nSPS) is 13.2. The van der Waals surface area contributed by atoms with Crippen molar-refractivity contribution in [3.05, 3.63) is 64.7 Å². The summed E-state index contributed by atoms with van der Waals surface area (Å²) in [5, 5.41) is 6.02. The van der Waals surface area contributed by atoms with Crippen molar-refractivity contribution in [2.45, 2.75) is 39.2 Å². The number of ether oxygens (including phenoxy) is 2. The van der Waals surface area contributed by atoms with E-state index in [0.717, 1.165) is 39.7 Å². The fourth-order valence-corrected chi connectivity index (χ4v) is 4.29. The Bertz CT molecular complexity index is 1040. The van der Waals surface area contributed by atoms with Crippen LogP contribution in [0.5, 0.6) is 11.5 Å². The number of rotatable bonds is 6. The van der Waals surface area contributed by atoms with Crippen molar-refractivity contribution in [1.82, 2.24) is 10.3 Å². The Morgan fingerprint density at radius 2 is 1.83 bits per heavy atom. The average molecular weight is 423 g/mol. The molecule has 0 radical (unpaired) electrons. The van der Waals surface area contributed by atoms with Gasteiger partial charge >= 0.3 is 0 Å². The lowest BCUT2D eigenvalue weighted by molar-refractivity contribution is -0.122. The first-order chi connectivity index (χ1) is 14.4. The fourth-order valence-electron chi connectivity index (χ4n) is 3.47. The second kappa shape index (κ2) is 8.48. The zero-order valence-electron chi connectivity index (χ0n) is 17.5. The third-order valence-corrected chi connectivity index (χ3v) is 6.16. The smallest absolute Gasteiger partial charge is 0.226 e. The van der Waals surface area contributed by atoms with Crippen molar-refractivity contribution in [2.75, 3.05) is 13.2 Å². The summed E-state index contributed by atoms with van der Waals surface area (Å²) in [6.07, 6.45) is 1.26.